The molecule has 0 fully saturated rings. The maximum absolute atomic E-state index is 11.8. The number of aromatic nitrogens is 2. The summed E-state index contributed by atoms with van der Waals surface area (Å²) in [5.74, 6) is -0.120. The van der Waals surface area contributed by atoms with Gasteiger partial charge in [0.15, 0.2) is 11.5 Å². The molecule has 4 rings (SSSR count). The smallest absolute Gasteiger partial charge is 0.336 e. The molecule has 0 spiro atoms. The second-order valence-corrected chi connectivity index (χ2v) is 8.03. The van der Waals surface area contributed by atoms with E-state index in [4.69, 9.17) is 4.42 Å². The molecule has 0 aliphatic heterocycles. The Morgan fingerprint density at radius 1 is 1.15 bits per heavy atom. The standard InChI is InChI=1S/C18H14N2O4S2/c1-8-9(2)26-18-16(8)17(19-7-20-18)25-6-10-3-15(23)24-14-5-13(22)12(21)4-11(10)14/h3-5,7,21-22H,6H2,1-2H3. The summed E-state index contributed by atoms with van der Waals surface area (Å²) in [6, 6.07) is 4.05. The molecule has 0 saturated heterocycles. The molecule has 3 aromatic heterocycles. The Hall–Kier alpha value is -2.58. The van der Waals surface area contributed by atoms with Crippen molar-refractivity contribution >= 4 is 44.3 Å². The molecule has 4 aromatic rings. The Labute approximate surface area is 156 Å². The molecule has 0 radical (unpaired) electrons. The first kappa shape index (κ1) is 16.9. The van der Waals surface area contributed by atoms with Gasteiger partial charge in [0, 0.05) is 33.5 Å². The zero-order valence-electron chi connectivity index (χ0n) is 13.9. The van der Waals surface area contributed by atoms with Gasteiger partial charge in [0.1, 0.15) is 21.8 Å². The zero-order valence-corrected chi connectivity index (χ0v) is 15.6. The highest BCUT2D eigenvalue weighted by atomic mass is 32.2. The van der Waals surface area contributed by atoms with Crippen LogP contribution in [0.5, 0.6) is 11.5 Å². The molecular weight excluding hydrogens is 372 g/mol. The summed E-state index contributed by atoms with van der Waals surface area (Å²) in [6.45, 7) is 4.11. The number of phenolic OH excluding ortho intramolecular Hbond substituents is 2. The van der Waals surface area contributed by atoms with E-state index < -0.39 is 5.63 Å². The van der Waals surface area contributed by atoms with Crippen LogP contribution in [-0.4, -0.2) is 20.2 Å². The van der Waals surface area contributed by atoms with Crippen LogP contribution < -0.4 is 5.63 Å². The summed E-state index contributed by atoms with van der Waals surface area (Å²) < 4.78 is 5.12. The molecule has 0 aliphatic carbocycles. The molecule has 26 heavy (non-hydrogen) atoms. The van der Waals surface area contributed by atoms with Crippen molar-refractivity contribution in [2.45, 2.75) is 24.6 Å². The minimum atomic E-state index is -0.506. The summed E-state index contributed by atoms with van der Waals surface area (Å²) in [5.41, 5.74) is 1.59. The van der Waals surface area contributed by atoms with Gasteiger partial charge < -0.3 is 14.6 Å². The van der Waals surface area contributed by atoms with Crippen molar-refractivity contribution in [2.75, 3.05) is 0 Å². The largest absolute Gasteiger partial charge is 0.504 e. The number of aryl methyl sites for hydroxylation is 2. The summed E-state index contributed by atoms with van der Waals surface area (Å²) in [6.07, 6.45) is 1.54. The van der Waals surface area contributed by atoms with Crippen LogP contribution in [0.3, 0.4) is 0 Å². The van der Waals surface area contributed by atoms with Crippen LogP contribution in [0, 0.1) is 13.8 Å². The van der Waals surface area contributed by atoms with Gasteiger partial charge in [-0.25, -0.2) is 14.8 Å². The first-order valence-corrected chi connectivity index (χ1v) is 9.56. The van der Waals surface area contributed by atoms with Gasteiger partial charge in [-0.2, -0.15) is 0 Å². The van der Waals surface area contributed by atoms with Crippen LogP contribution in [0.2, 0.25) is 0 Å². The lowest BCUT2D eigenvalue weighted by Gasteiger charge is -2.07. The van der Waals surface area contributed by atoms with Crippen LogP contribution in [0.4, 0.5) is 0 Å². The highest BCUT2D eigenvalue weighted by Crippen LogP contribution is 2.37. The van der Waals surface area contributed by atoms with Crippen molar-refractivity contribution in [3.63, 3.8) is 0 Å². The molecule has 0 bridgehead atoms. The molecule has 1 aromatic carbocycles. The third kappa shape index (κ3) is 2.81. The van der Waals surface area contributed by atoms with Crippen molar-refractivity contribution in [3.8, 4) is 11.5 Å². The summed E-state index contributed by atoms with van der Waals surface area (Å²) in [4.78, 5) is 22.7. The maximum Gasteiger partial charge on any atom is 0.336 e. The SMILES string of the molecule is Cc1sc2ncnc(SCc3cc(=O)oc4cc(O)c(O)cc34)c2c1C. The van der Waals surface area contributed by atoms with E-state index in [0.717, 1.165) is 20.8 Å². The predicted molar refractivity (Wildman–Crippen MR) is 102 cm³/mol. The summed E-state index contributed by atoms with van der Waals surface area (Å²) >= 11 is 3.13. The van der Waals surface area contributed by atoms with E-state index in [1.165, 1.54) is 34.8 Å². The second kappa shape index (κ2) is 6.30. The van der Waals surface area contributed by atoms with Gasteiger partial charge in [-0.05, 0) is 31.0 Å². The fourth-order valence-electron chi connectivity index (χ4n) is 2.78. The average Bonchev–Trinajstić information content (AvgIpc) is 2.89. The first-order valence-electron chi connectivity index (χ1n) is 7.76. The Morgan fingerprint density at radius 3 is 2.73 bits per heavy atom. The Morgan fingerprint density at radius 2 is 1.92 bits per heavy atom. The van der Waals surface area contributed by atoms with Gasteiger partial charge in [0.25, 0.3) is 0 Å². The molecule has 2 N–H and O–H groups in total. The van der Waals surface area contributed by atoms with Gasteiger partial charge in [-0.15, -0.1) is 23.1 Å². The lowest BCUT2D eigenvalue weighted by atomic mass is 10.1. The summed E-state index contributed by atoms with van der Waals surface area (Å²) in [5, 5.41) is 21.9. The number of thiophene rings is 1. The molecule has 6 nitrogen and oxygen atoms in total. The molecule has 0 amide bonds. The fourth-order valence-corrected chi connectivity index (χ4v) is 4.88. The third-order valence-corrected chi connectivity index (χ3v) is 6.37. The van der Waals surface area contributed by atoms with Gasteiger partial charge in [-0.1, -0.05) is 0 Å². The van der Waals surface area contributed by atoms with Crippen LogP contribution >= 0.6 is 23.1 Å². The Bertz CT molecular complexity index is 1210. The van der Waals surface area contributed by atoms with Gasteiger partial charge in [-0.3, -0.25) is 0 Å². The average molecular weight is 386 g/mol. The van der Waals surface area contributed by atoms with Crippen LogP contribution in [0.25, 0.3) is 21.2 Å². The zero-order chi connectivity index (χ0) is 18.4. The molecule has 132 valence electrons. The van der Waals surface area contributed by atoms with Crippen molar-refractivity contribution in [1.82, 2.24) is 9.97 Å². The van der Waals surface area contributed by atoms with E-state index in [-0.39, 0.29) is 17.1 Å². The number of rotatable bonds is 3. The minimum absolute atomic E-state index is 0.235. The van der Waals surface area contributed by atoms with Crippen molar-refractivity contribution in [2.24, 2.45) is 0 Å². The van der Waals surface area contributed by atoms with Gasteiger partial charge in [0.05, 0.1) is 0 Å². The third-order valence-electron chi connectivity index (χ3n) is 4.22. The van der Waals surface area contributed by atoms with Gasteiger partial charge >= 0.3 is 5.63 Å². The summed E-state index contributed by atoms with van der Waals surface area (Å²) in [7, 11) is 0. The van der Waals surface area contributed by atoms with Crippen molar-refractivity contribution < 1.29 is 14.6 Å². The normalized spacial score (nSPS) is 11.5. The minimum Gasteiger partial charge on any atom is -0.504 e. The molecule has 0 atom stereocenters. The number of phenols is 2. The topological polar surface area (TPSA) is 96.5 Å². The van der Waals surface area contributed by atoms with E-state index in [2.05, 4.69) is 23.8 Å². The molecule has 0 unspecified atom stereocenters. The first-order chi connectivity index (χ1) is 12.4. The van der Waals surface area contributed by atoms with Crippen molar-refractivity contribution in [3.05, 3.63) is 51.0 Å². The van der Waals surface area contributed by atoms with Crippen LogP contribution in [0.1, 0.15) is 16.0 Å². The van der Waals surface area contributed by atoms with E-state index in [1.807, 2.05) is 0 Å². The van der Waals surface area contributed by atoms with Crippen LogP contribution in [0.15, 0.2) is 38.8 Å². The fraction of sp³-hybridized carbons (Fsp3) is 0.167. The second-order valence-electron chi connectivity index (χ2n) is 5.86. The number of hydrogen-bond acceptors (Lipinski definition) is 8. The highest BCUT2D eigenvalue weighted by molar-refractivity contribution is 7.98. The predicted octanol–water partition coefficient (Wildman–Crippen LogP) is 4.12. The van der Waals surface area contributed by atoms with Crippen LogP contribution in [-0.2, 0) is 5.75 Å². The van der Waals surface area contributed by atoms with Gasteiger partial charge in [0.2, 0.25) is 0 Å². The molecule has 8 heteroatoms. The quantitative estimate of drug-likeness (QED) is 0.237. The molecule has 3 heterocycles. The van der Waals surface area contributed by atoms with E-state index in [1.54, 1.807) is 17.7 Å². The van der Waals surface area contributed by atoms with E-state index >= 15 is 0 Å². The highest BCUT2D eigenvalue weighted by Gasteiger charge is 2.15. The lowest BCUT2D eigenvalue weighted by molar-refractivity contribution is 0.403. The number of benzene rings is 1. The van der Waals surface area contributed by atoms with E-state index in [0.29, 0.717) is 16.7 Å². The molecule has 0 saturated carbocycles. The van der Waals surface area contributed by atoms with Crippen molar-refractivity contribution in [1.29, 1.82) is 0 Å². The Kier molecular flexibility index (Phi) is 4.08. The number of aromatic hydroxyl groups is 2. The number of nitrogens with zero attached hydrogens (tertiary/aromatic N) is 2. The van der Waals surface area contributed by atoms with E-state index in [9.17, 15) is 15.0 Å². The Balaban J connectivity index is 1.77. The monoisotopic (exact) mass is 386 g/mol. The lowest BCUT2D eigenvalue weighted by Crippen LogP contribution is -2.00. The number of thioether (sulfide) groups is 1. The molecular formula is C18H14N2O4S2. The molecule has 0 aliphatic rings. The maximum atomic E-state index is 11.8. The number of hydrogen-bond donors (Lipinski definition) is 2. The number of fused-ring (bicyclic) bond motifs is 2.